The molecule has 0 saturated heterocycles. The number of nitrogens with one attached hydrogen (secondary N) is 2. The smallest absolute Gasteiger partial charge is 0.353 e. The third-order valence-corrected chi connectivity index (χ3v) is 10.2. The molecule has 0 radical (unpaired) electrons. The van der Waals surface area contributed by atoms with Gasteiger partial charge in [0.05, 0.1) is 51.0 Å². The van der Waals surface area contributed by atoms with Gasteiger partial charge in [-0.15, -0.1) is 0 Å². The van der Waals surface area contributed by atoms with E-state index in [2.05, 4.69) is 17.7 Å². The Bertz CT molecular complexity index is 1250. The Labute approximate surface area is 369 Å². The SMILES string of the molecule is CCCCCCCCC(O)C(CCCCCCCC(=O)NCCN(CCN(CC=O)CC(C)O)CC(C)=O)OC(C)C(=O)ONCCN(CCN(CC=O)CC(=O)O)CC(=O)O. The molecule has 0 aliphatic heterocycles. The second-order valence-electron chi connectivity index (χ2n) is 16.1. The summed E-state index contributed by atoms with van der Waals surface area (Å²) in [6.45, 7) is 9.22. The van der Waals surface area contributed by atoms with Gasteiger partial charge in [-0.2, -0.15) is 5.48 Å². The molecule has 19 nitrogen and oxygen atoms in total. The number of hydroxylamine groups is 1. The van der Waals surface area contributed by atoms with Crippen molar-refractivity contribution < 1.29 is 63.6 Å². The molecule has 0 rings (SSSR count). The molecule has 360 valence electrons. The summed E-state index contributed by atoms with van der Waals surface area (Å²) in [7, 11) is 0. The van der Waals surface area contributed by atoms with Gasteiger partial charge >= 0.3 is 17.9 Å². The number of carboxylic acids is 2. The second-order valence-corrected chi connectivity index (χ2v) is 16.1. The Morgan fingerprint density at radius 1 is 0.645 bits per heavy atom. The number of aldehydes is 2. The Kier molecular flexibility index (Phi) is 36.0. The van der Waals surface area contributed by atoms with E-state index < -0.39 is 42.3 Å². The van der Waals surface area contributed by atoms with E-state index in [1.807, 2.05) is 9.80 Å². The molecule has 62 heavy (non-hydrogen) atoms. The molecule has 0 aromatic heterocycles. The molecule has 0 fully saturated rings. The number of nitrogens with zero attached hydrogens (tertiary/aromatic N) is 4. The number of Topliss-reactive ketones (excluding diaryl/α,β-unsaturated/α-hetero) is 1. The molecule has 0 aliphatic rings. The van der Waals surface area contributed by atoms with Crippen molar-refractivity contribution in [1.82, 2.24) is 30.4 Å². The Morgan fingerprint density at radius 3 is 1.76 bits per heavy atom. The number of ketones is 1. The molecule has 0 aromatic rings. The fourth-order valence-electron chi connectivity index (χ4n) is 6.88. The number of rotatable bonds is 44. The number of carbonyl (C=O) groups excluding carboxylic acids is 5. The van der Waals surface area contributed by atoms with Crippen molar-refractivity contribution >= 4 is 42.2 Å². The number of carboxylic acid groups (broad SMARTS) is 2. The van der Waals surface area contributed by atoms with Crippen LogP contribution in [0, 0.1) is 0 Å². The molecule has 0 aromatic carbocycles. The van der Waals surface area contributed by atoms with E-state index in [0.29, 0.717) is 64.7 Å². The first-order valence-electron chi connectivity index (χ1n) is 22.5. The van der Waals surface area contributed by atoms with Crippen LogP contribution in [0.25, 0.3) is 0 Å². The molecular formula is C43H80N6O13. The topological polar surface area (TPSA) is 256 Å². The van der Waals surface area contributed by atoms with Gasteiger partial charge in [-0.1, -0.05) is 71.1 Å². The van der Waals surface area contributed by atoms with E-state index in [0.717, 1.165) is 64.1 Å². The number of aliphatic carboxylic acids is 2. The first-order valence-corrected chi connectivity index (χ1v) is 22.5. The lowest BCUT2D eigenvalue weighted by atomic mass is 9.99. The number of unbranched alkanes of at least 4 members (excludes halogenated alkanes) is 9. The minimum absolute atomic E-state index is 0.00331. The summed E-state index contributed by atoms with van der Waals surface area (Å²) in [6.07, 6.45) is 10.2. The maximum atomic E-state index is 12.9. The van der Waals surface area contributed by atoms with Crippen LogP contribution in [0.1, 0.15) is 118 Å². The molecule has 1 amide bonds. The zero-order valence-electron chi connectivity index (χ0n) is 38.0. The summed E-state index contributed by atoms with van der Waals surface area (Å²) < 4.78 is 6.07. The van der Waals surface area contributed by atoms with Crippen LogP contribution >= 0.6 is 0 Å². The van der Waals surface area contributed by atoms with Crippen LogP contribution < -0.4 is 10.8 Å². The highest BCUT2D eigenvalue weighted by atomic mass is 16.7. The molecule has 0 saturated carbocycles. The number of carbonyl (C=O) groups is 7. The van der Waals surface area contributed by atoms with Crippen LogP contribution in [0.5, 0.6) is 0 Å². The predicted octanol–water partition coefficient (Wildman–Crippen LogP) is 1.51. The maximum Gasteiger partial charge on any atom is 0.353 e. The van der Waals surface area contributed by atoms with E-state index in [1.165, 1.54) is 23.1 Å². The van der Waals surface area contributed by atoms with Gasteiger partial charge in [0.25, 0.3) is 0 Å². The molecule has 4 atom stereocenters. The van der Waals surface area contributed by atoms with Crippen molar-refractivity contribution in [3.8, 4) is 0 Å². The minimum Gasteiger partial charge on any atom is -0.480 e. The zero-order chi connectivity index (χ0) is 46.5. The predicted molar refractivity (Wildman–Crippen MR) is 233 cm³/mol. The van der Waals surface area contributed by atoms with Crippen LogP contribution in [-0.2, 0) is 43.1 Å². The Balaban J connectivity index is 4.91. The van der Waals surface area contributed by atoms with Gasteiger partial charge in [-0.3, -0.25) is 38.8 Å². The number of hydrogen-bond acceptors (Lipinski definition) is 16. The highest BCUT2D eigenvalue weighted by Crippen LogP contribution is 2.19. The van der Waals surface area contributed by atoms with Crippen molar-refractivity contribution in [3.05, 3.63) is 0 Å². The van der Waals surface area contributed by atoms with E-state index in [9.17, 15) is 48.9 Å². The van der Waals surface area contributed by atoms with Gasteiger partial charge < -0.3 is 44.9 Å². The lowest BCUT2D eigenvalue weighted by Crippen LogP contribution is -2.43. The van der Waals surface area contributed by atoms with Crippen molar-refractivity contribution in [1.29, 1.82) is 0 Å². The molecule has 4 unspecified atom stereocenters. The minimum atomic E-state index is -1.11. The Morgan fingerprint density at radius 2 is 1.16 bits per heavy atom. The van der Waals surface area contributed by atoms with Crippen LogP contribution in [0.15, 0.2) is 0 Å². The van der Waals surface area contributed by atoms with Crippen LogP contribution in [0.3, 0.4) is 0 Å². The van der Waals surface area contributed by atoms with Gasteiger partial charge in [0.15, 0.2) is 6.10 Å². The summed E-state index contributed by atoms with van der Waals surface area (Å²) in [6, 6.07) is 0. The van der Waals surface area contributed by atoms with Crippen molar-refractivity contribution in [3.63, 3.8) is 0 Å². The summed E-state index contributed by atoms with van der Waals surface area (Å²) >= 11 is 0. The number of hydrogen-bond donors (Lipinski definition) is 6. The second kappa shape index (κ2) is 38.1. The average molecular weight is 889 g/mol. The van der Waals surface area contributed by atoms with Crippen molar-refractivity contribution in [2.75, 3.05) is 91.6 Å². The van der Waals surface area contributed by atoms with Crippen LogP contribution in [-0.4, -0.2) is 198 Å². The molecular weight excluding hydrogens is 809 g/mol. The first kappa shape index (κ1) is 58.6. The third-order valence-electron chi connectivity index (χ3n) is 10.2. The number of aliphatic hydroxyl groups is 2. The lowest BCUT2D eigenvalue weighted by Gasteiger charge is -2.26. The zero-order valence-corrected chi connectivity index (χ0v) is 38.0. The number of ether oxygens (including phenoxy) is 1. The molecule has 0 bridgehead atoms. The highest BCUT2D eigenvalue weighted by Gasteiger charge is 2.26. The normalized spacial score (nSPS) is 13.6. The fraction of sp³-hybridized carbons (Fsp3) is 0.837. The quantitative estimate of drug-likeness (QED) is 0.0288. The summed E-state index contributed by atoms with van der Waals surface area (Å²) in [4.78, 5) is 93.5. The summed E-state index contributed by atoms with van der Waals surface area (Å²) in [5.41, 5.74) is 2.54. The monoisotopic (exact) mass is 889 g/mol. The van der Waals surface area contributed by atoms with E-state index in [1.54, 1.807) is 13.8 Å². The van der Waals surface area contributed by atoms with E-state index in [-0.39, 0.29) is 70.6 Å². The van der Waals surface area contributed by atoms with Gasteiger partial charge in [-0.25, -0.2) is 4.79 Å². The molecule has 0 heterocycles. The average Bonchev–Trinajstić information content (AvgIpc) is 3.19. The fourth-order valence-corrected chi connectivity index (χ4v) is 6.88. The Hall–Kier alpha value is -3.43. The number of aliphatic hydroxyl groups excluding tert-OH is 2. The lowest BCUT2D eigenvalue weighted by molar-refractivity contribution is -0.172. The standard InChI is InChI=1S/C43H80N6O13/c1-5-6-7-8-10-13-16-38(54)39(61-37(4)43(60)62-45-20-22-47(33-41(56)57)24-26-49(28-30-51)34-42(58)59)17-14-11-9-12-15-18-40(55)44-19-21-46(31-35(2)52)23-25-48(27-29-50)32-36(3)53/h29-30,36-39,45,53-54H,5-28,31-34H2,1-4H3,(H,44,55)(H,56,57)(H,58,59). The van der Waals surface area contributed by atoms with Crippen molar-refractivity contribution in [2.24, 2.45) is 0 Å². The van der Waals surface area contributed by atoms with Gasteiger partial charge in [-0.05, 0) is 40.0 Å². The van der Waals surface area contributed by atoms with Gasteiger partial charge in [0.1, 0.15) is 18.4 Å². The number of amides is 1. The van der Waals surface area contributed by atoms with Gasteiger partial charge in [0, 0.05) is 65.3 Å². The molecule has 6 N–H and O–H groups in total. The van der Waals surface area contributed by atoms with E-state index >= 15 is 0 Å². The van der Waals surface area contributed by atoms with Crippen molar-refractivity contribution in [2.45, 2.75) is 142 Å². The molecule has 19 heteroatoms. The highest BCUT2D eigenvalue weighted by molar-refractivity contribution is 5.77. The summed E-state index contributed by atoms with van der Waals surface area (Å²) in [5, 5.41) is 42.1. The summed E-state index contributed by atoms with van der Waals surface area (Å²) in [5.74, 6) is -2.98. The largest absolute Gasteiger partial charge is 0.480 e. The molecule has 0 aliphatic carbocycles. The van der Waals surface area contributed by atoms with Crippen LogP contribution in [0.4, 0.5) is 0 Å². The van der Waals surface area contributed by atoms with Gasteiger partial charge in [0.2, 0.25) is 5.91 Å². The van der Waals surface area contributed by atoms with E-state index in [4.69, 9.17) is 14.7 Å². The first-order chi connectivity index (χ1) is 29.6. The van der Waals surface area contributed by atoms with Crippen LogP contribution in [0.2, 0.25) is 0 Å². The molecule has 0 spiro atoms. The third kappa shape index (κ3) is 34.1. The maximum absolute atomic E-state index is 12.9.